The minimum atomic E-state index is 0.0436. The third-order valence-corrected chi connectivity index (χ3v) is 3.95. The Hall–Kier alpha value is -0.220. The van der Waals surface area contributed by atoms with E-state index in [1.165, 1.54) is 0 Å². The quantitative estimate of drug-likeness (QED) is 0.812. The van der Waals surface area contributed by atoms with Crippen molar-refractivity contribution in [1.82, 2.24) is 9.97 Å². The first kappa shape index (κ1) is 14.8. The molecule has 0 spiro atoms. The summed E-state index contributed by atoms with van der Waals surface area (Å²) in [6.45, 7) is 11.0. The number of nitrogens with zero attached hydrogens (tertiary/aromatic N) is 1. The number of nitrogens with one attached hydrogen (secondary N) is 1. The molecule has 0 aliphatic rings. The average molecular weight is 317 g/mol. The van der Waals surface area contributed by atoms with Crippen molar-refractivity contribution in [3.63, 3.8) is 0 Å². The molecular formula is C13H21BrN2S. The Morgan fingerprint density at radius 1 is 1.35 bits per heavy atom. The fourth-order valence-electron chi connectivity index (χ4n) is 1.57. The van der Waals surface area contributed by atoms with Gasteiger partial charge in [-0.25, -0.2) is 4.98 Å². The molecule has 2 nitrogen and oxygen atoms in total. The molecule has 0 radical (unpaired) electrons. The summed E-state index contributed by atoms with van der Waals surface area (Å²) in [5, 5.41) is 0. The van der Waals surface area contributed by atoms with E-state index in [0.29, 0.717) is 10.6 Å². The van der Waals surface area contributed by atoms with Gasteiger partial charge >= 0.3 is 0 Å². The first-order valence-corrected chi connectivity index (χ1v) is 7.21. The standard InChI is InChI=1S/C13H21BrN2S/c1-8(2)6-7-9-15-11(13(3,4)5)10(14)12(17)16-9/h8H,6-7H2,1-5H3,(H,15,16,17). The van der Waals surface area contributed by atoms with Crippen LogP contribution in [0.15, 0.2) is 4.47 Å². The zero-order chi connectivity index (χ0) is 13.2. The smallest absolute Gasteiger partial charge is 0.144 e. The van der Waals surface area contributed by atoms with Crippen LogP contribution in [0.25, 0.3) is 0 Å². The van der Waals surface area contributed by atoms with E-state index in [2.05, 4.69) is 60.5 Å². The summed E-state index contributed by atoms with van der Waals surface area (Å²) in [7, 11) is 0. The maximum atomic E-state index is 5.30. The zero-order valence-electron chi connectivity index (χ0n) is 11.2. The molecule has 0 unspecified atom stereocenters. The van der Waals surface area contributed by atoms with Crippen molar-refractivity contribution in [1.29, 1.82) is 0 Å². The topological polar surface area (TPSA) is 28.7 Å². The van der Waals surface area contributed by atoms with Gasteiger partial charge in [0.05, 0.1) is 4.47 Å². The van der Waals surface area contributed by atoms with Gasteiger partial charge in [-0.15, -0.1) is 0 Å². The summed E-state index contributed by atoms with van der Waals surface area (Å²) in [6.07, 6.45) is 2.08. The average Bonchev–Trinajstić information content (AvgIpc) is 2.17. The molecule has 1 heterocycles. The predicted octanol–water partition coefficient (Wildman–Crippen LogP) is 4.79. The minimum absolute atomic E-state index is 0.0436. The molecule has 0 bridgehead atoms. The normalized spacial score (nSPS) is 12.2. The fraction of sp³-hybridized carbons (Fsp3) is 0.692. The molecular weight excluding hydrogens is 296 g/mol. The van der Waals surface area contributed by atoms with Crippen LogP contribution < -0.4 is 0 Å². The van der Waals surface area contributed by atoms with Gasteiger partial charge < -0.3 is 4.98 Å². The third-order valence-electron chi connectivity index (χ3n) is 2.62. The van der Waals surface area contributed by atoms with Crippen molar-refractivity contribution in [2.24, 2.45) is 5.92 Å². The third kappa shape index (κ3) is 4.18. The van der Waals surface area contributed by atoms with E-state index in [9.17, 15) is 0 Å². The lowest BCUT2D eigenvalue weighted by molar-refractivity contribution is 0.542. The summed E-state index contributed by atoms with van der Waals surface area (Å²) < 4.78 is 1.58. The van der Waals surface area contributed by atoms with Crippen molar-refractivity contribution in [2.75, 3.05) is 0 Å². The maximum absolute atomic E-state index is 5.30. The Balaban J connectivity index is 3.11. The SMILES string of the molecule is CC(C)CCc1nc(=S)c(Br)c(C(C)(C)C)[nH]1. The van der Waals surface area contributed by atoms with E-state index in [-0.39, 0.29) is 5.41 Å². The largest absolute Gasteiger partial charge is 0.346 e. The second-order valence-corrected chi connectivity index (χ2v) is 7.04. The maximum Gasteiger partial charge on any atom is 0.144 e. The number of H-pyrrole nitrogens is 1. The van der Waals surface area contributed by atoms with Gasteiger partial charge in [-0.3, -0.25) is 0 Å². The van der Waals surface area contributed by atoms with Crippen molar-refractivity contribution >= 4 is 28.1 Å². The van der Waals surface area contributed by atoms with E-state index in [1.54, 1.807) is 0 Å². The Labute approximate surface area is 117 Å². The van der Waals surface area contributed by atoms with Gasteiger partial charge in [-0.2, -0.15) is 0 Å². The molecule has 1 aromatic heterocycles. The van der Waals surface area contributed by atoms with Crippen molar-refractivity contribution in [3.05, 3.63) is 20.6 Å². The van der Waals surface area contributed by atoms with Crippen molar-refractivity contribution in [2.45, 2.75) is 52.9 Å². The first-order chi connectivity index (χ1) is 7.71. The highest BCUT2D eigenvalue weighted by Gasteiger charge is 2.20. The highest BCUT2D eigenvalue weighted by Crippen LogP contribution is 2.28. The van der Waals surface area contributed by atoms with Crippen molar-refractivity contribution < 1.29 is 0 Å². The Morgan fingerprint density at radius 2 is 1.94 bits per heavy atom. The molecule has 0 atom stereocenters. The summed E-state index contributed by atoms with van der Waals surface area (Å²) in [6, 6.07) is 0. The number of aryl methyl sites for hydroxylation is 1. The van der Waals surface area contributed by atoms with Gasteiger partial charge in [0.25, 0.3) is 0 Å². The number of aromatic amines is 1. The highest BCUT2D eigenvalue weighted by molar-refractivity contribution is 9.10. The first-order valence-electron chi connectivity index (χ1n) is 6.01. The molecule has 0 aliphatic carbocycles. The van der Waals surface area contributed by atoms with E-state index in [1.807, 2.05) is 0 Å². The van der Waals surface area contributed by atoms with Crippen LogP contribution in [0, 0.1) is 10.6 Å². The molecule has 17 heavy (non-hydrogen) atoms. The summed E-state index contributed by atoms with van der Waals surface area (Å²) in [4.78, 5) is 7.86. The van der Waals surface area contributed by atoms with Crippen LogP contribution >= 0.6 is 28.1 Å². The second kappa shape index (κ2) is 5.61. The van der Waals surface area contributed by atoms with Crippen LogP contribution in [0.4, 0.5) is 0 Å². The number of hydrogen-bond donors (Lipinski definition) is 1. The van der Waals surface area contributed by atoms with Crippen molar-refractivity contribution in [3.8, 4) is 0 Å². The van der Waals surface area contributed by atoms with Crippen LogP contribution in [-0.4, -0.2) is 9.97 Å². The van der Waals surface area contributed by atoms with Gasteiger partial charge in [0.1, 0.15) is 10.5 Å². The fourth-order valence-corrected chi connectivity index (χ4v) is 2.56. The van der Waals surface area contributed by atoms with Gasteiger partial charge in [-0.1, -0.05) is 46.8 Å². The molecule has 0 aliphatic heterocycles. The van der Waals surface area contributed by atoms with Gasteiger partial charge in [-0.05, 0) is 28.3 Å². The minimum Gasteiger partial charge on any atom is -0.346 e. The van der Waals surface area contributed by atoms with Crippen LogP contribution in [-0.2, 0) is 11.8 Å². The van der Waals surface area contributed by atoms with Gasteiger partial charge in [0.2, 0.25) is 0 Å². The van der Waals surface area contributed by atoms with Crippen LogP contribution in [0.5, 0.6) is 0 Å². The summed E-state index contributed by atoms with van der Waals surface area (Å²) in [5.41, 5.74) is 1.18. The van der Waals surface area contributed by atoms with E-state index >= 15 is 0 Å². The van der Waals surface area contributed by atoms with Crippen LogP contribution in [0.3, 0.4) is 0 Å². The number of halogens is 1. The molecule has 1 rings (SSSR count). The number of hydrogen-bond acceptors (Lipinski definition) is 2. The Kier molecular flexibility index (Phi) is 4.90. The molecule has 0 saturated carbocycles. The van der Waals surface area contributed by atoms with E-state index in [4.69, 9.17) is 12.2 Å². The van der Waals surface area contributed by atoms with Crippen LogP contribution in [0.2, 0.25) is 0 Å². The Bertz CT molecular complexity index is 444. The summed E-state index contributed by atoms with van der Waals surface area (Å²) in [5.74, 6) is 1.68. The predicted molar refractivity (Wildman–Crippen MR) is 79.0 cm³/mol. The molecule has 4 heteroatoms. The molecule has 96 valence electrons. The molecule has 1 aromatic rings. The van der Waals surface area contributed by atoms with Gasteiger partial charge in [0, 0.05) is 17.5 Å². The monoisotopic (exact) mass is 316 g/mol. The molecule has 1 N–H and O–H groups in total. The highest BCUT2D eigenvalue weighted by atomic mass is 79.9. The van der Waals surface area contributed by atoms with E-state index < -0.39 is 0 Å². The lowest BCUT2D eigenvalue weighted by atomic mass is 9.92. The number of rotatable bonds is 3. The zero-order valence-corrected chi connectivity index (χ0v) is 13.6. The van der Waals surface area contributed by atoms with Crippen LogP contribution in [0.1, 0.15) is 52.6 Å². The molecule has 0 fully saturated rings. The number of aromatic nitrogens is 2. The lowest BCUT2D eigenvalue weighted by Gasteiger charge is -2.21. The molecule has 0 aromatic carbocycles. The van der Waals surface area contributed by atoms with E-state index in [0.717, 1.165) is 28.8 Å². The molecule has 0 saturated heterocycles. The van der Waals surface area contributed by atoms with Gasteiger partial charge in [0.15, 0.2) is 0 Å². The summed E-state index contributed by atoms with van der Waals surface area (Å²) >= 11 is 8.83. The molecule has 0 amide bonds. The Morgan fingerprint density at radius 3 is 2.41 bits per heavy atom. The second-order valence-electron chi connectivity index (χ2n) is 5.86. The lowest BCUT2D eigenvalue weighted by Crippen LogP contribution is -2.17.